The van der Waals surface area contributed by atoms with Gasteiger partial charge in [0, 0.05) is 18.2 Å². The topological polar surface area (TPSA) is 54.4 Å². The van der Waals surface area contributed by atoms with Gasteiger partial charge in [-0.3, -0.25) is 0 Å². The highest BCUT2D eigenvalue weighted by Gasteiger charge is 2.14. The van der Waals surface area contributed by atoms with E-state index in [2.05, 4.69) is 17.2 Å². The van der Waals surface area contributed by atoms with Crippen LogP contribution in [0.1, 0.15) is 39.3 Å². The van der Waals surface area contributed by atoms with Gasteiger partial charge in [-0.25, -0.2) is 9.37 Å². The van der Waals surface area contributed by atoms with Crippen molar-refractivity contribution < 1.29 is 14.2 Å². The van der Waals surface area contributed by atoms with E-state index < -0.39 is 0 Å². The molecule has 0 aliphatic rings. The molecule has 1 aromatic carbocycles. The molecule has 0 bridgehead atoms. The van der Waals surface area contributed by atoms with Crippen LogP contribution in [0.25, 0.3) is 11.3 Å². The molecule has 2 aromatic rings. The van der Waals surface area contributed by atoms with E-state index in [0.29, 0.717) is 18.0 Å². The van der Waals surface area contributed by atoms with E-state index in [-0.39, 0.29) is 30.9 Å². The SMILES string of the molecule is CCCCOc1cccc(-c2ccc(F)c(CN[C@@H](CO)C(C)C)n2)c1. The molecule has 0 spiro atoms. The molecule has 26 heavy (non-hydrogen) atoms. The molecule has 0 unspecified atom stereocenters. The lowest BCUT2D eigenvalue weighted by molar-refractivity contribution is 0.209. The van der Waals surface area contributed by atoms with Crippen molar-refractivity contribution in [2.24, 2.45) is 5.92 Å². The molecule has 0 amide bonds. The lowest BCUT2D eigenvalue weighted by atomic mass is 10.1. The Bertz CT molecular complexity index is 691. The molecule has 0 saturated carbocycles. The van der Waals surface area contributed by atoms with Crippen LogP contribution in [-0.4, -0.2) is 29.3 Å². The molecule has 1 atom stereocenters. The van der Waals surface area contributed by atoms with Crippen molar-refractivity contribution in [3.05, 3.63) is 47.9 Å². The highest BCUT2D eigenvalue weighted by atomic mass is 19.1. The van der Waals surface area contributed by atoms with Gasteiger partial charge in [-0.05, 0) is 36.6 Å². The Morgan fingerprint density at radius 1 is 1.23 bits per heavy atom. The maximum Gasteiger partial charge on any atom is 0.146 e. The monoisotopic (exact) mass is 360 g/mol. The lowest BCUT2D eigenvalue weighted by Crippen LogP contribution is -2.36. The first kappa shape index (κ1) is 20.3. The number of rotatable bonds is 10. The average Bonchev–Trinajstić information content (AvgIpc) is 2.64. The van der Waals surface area contributed by atoms with Crippen molar-refractivity contribution >= 4 is 0 Å². The van der Waals surface area contributed by atoms with Crippen LogP contribution in [-0.2, 0) is 6.54 Å². The second-order valence-corrected chi connectivity index (χ2v) is 6.77. The van der Waals surface area contributed by atoms with Crippen LogP contribution in [0.15, 0.2) is 36.4 Å². The molecule has 4 nitrogen and oxygen atoms in total. The third-order valence-electron chi connectivity index (χ3n) is 4.35. The van der Waals surface area contributed by atoms with Crippen molar-refractivity contribution in [3.63, 3.8) is 0 Å². The molecular weight excluding hydrogens is 331 g/mol. The van der Waals surface area contributed by atoms with E-state index in [4.69, 9.17) is 4.74 Å². The first-order valence-electron chi connectivity index (χ1n) is 9.28. The number of nitrogens with one attached hydrogen (secondary N) is 1. The smallest absolute Gasteiger partial charge is 0.146 e. The Kier molecular flexibility index (Phi) is 8.01. The zero-order valence-corrected chi connectivity index (χ0v) is 15.8. The Morgan fingerprint density at radius 2 is 2.04 bits per heavy atom. The Balaban J connectivity index is 2.14. The number of aromatic nitrogens is 1. The molecule has 1 heterocycles. The molecule has 2 N–H and O–H groups in total. The van der Waals surface area contributed by atoms with Crippen molar-refractivity contribution in [3.8, 4) is 17.0 Å². The molecule has 0 aliphatic heterocycles. The van der Waals surface area contributed by atoms with E-state index >= 15 is 0 Å². The zero-order chi connectivity index (χ0) is 18.9. The van der Waals surface area contributed by atoms with Crippen molar-refractivity contribution in [2.45, 2.75) is 46.2 Å². The minimum absolute atomic E-state index is 0.0100. The lowest BCUT2D eigenvalue weighted by Gasteiger charge is -2.20. The molecule has 0 saturated heterocycles. The minimum Gasteiger partial charge on any atom is -0.494 e. The molecule has 0 aliphatic carbocycles. The third-order valence-corrected chi connectivity index (χ3v) is 4.35. The number of unbranched alkanes of at least 4 members (excludes halogenated alkanes) is 1. The first-order chi connectivity index (χ1) is 12.5. The van der Waals surface area contributed by atoms with Gasteiger partial charge in [0.05, 0.1) is 24.6 Å². The quantitative estimate of drug-likeness (QED) is 0.624. The molecule has 142 valence electrons. The number of hydrogen-bond donors (Lipinski definition) is 2. The van der Waals surface area contributed by atoms with Crippen LogP contribution in [0.5, 0.6) is 5.75 Å². The van der Waals surface area contributed by atoms with E-state index in [1.807, 2.05) is 38.1 Å². The summed E-state index contributed by atoms with van der Waals surface area (Å²) in [7, 11) is 0. The van der Waals surface area contributed by atoms with E-state index in [9.17, 15) is 9.50 Å². The normalized spacial score (nSPS) is 12.4. The maximum absolute atomic E-state index is 14.1. The molecule has 0 fully saturated rings. The second kappa shape index (κ2) is 10.2. The fourth-order valence-corrected chi connectivity index (χ4v) is 2.59. The summed E-state index contributed by atoms with van der Waals surface area (Å²) in [6.45, 7) is 7.12. The van der Waals surface area contributed by atoms with Gasteiger partial charge in [0.1, 0.15) is 11.6 Å². The number of benzene rings is 1. The highest BCUT2D eigenvalue weighted by molar-refractivity contribution is 5.61. The third kappa shape index (κ3) is 5.78. The van der Waals surface area contributed by atoms with Crippen LogP contribution in [0.3, 0.4) is 0 Å². The molecule has 1 aromatic heterocycles. The number of pyridine rings is 1. The van der Waals surface area contributed by atoms with Gasteiger partial charge in [0.25, 0.3) is 0 Å². The van der Waals surface area contributed by atoms with E-state index in [1.165, 1.54) is 6.07 Å². The first-order valence-corrected chi connectivity index (χ1v) is 9.28. The highest BCUT2D eigenvalue weighted by Crippen LogP contribution is 2.23. The second-order valence-electron chi connectivity index (χ2n) is 6.77. The zero-order valence-electron chi connectivity index (χ0n) is 15.8. The summed E-state index contributed by atoms with van der Waals surface area (Å²) in [5, 5.41) is 12.6. The summed E-state index contributed by atoms with van der Waals surface area (Å²) in [6.07, 6.45) is 2.09. The van der Waals surface area contributed by atoms with Crippen LogP contribution in [0.4, 0.5) is 4.39 Å². The summed E-state index contributed by atoms with van der Waals surface area (Å²) >= 11 is 0. The van der Waals surface area contributed by atoms with Crippen LogP contribution < -0.4 is 10.1 Å². The molecule has 2 rings (SSSR count). The van der Waals surface area contributed by atoms with Crippen LogP contribution in [0.2, 0.25) is 0 Å². The van der Waals surface area contributed by atoms with Crippen LogP contribution >= 0.6 is 0 Å². The summed E-state index contributed by atoms with van der Waals surface area (Å²) in [6, 6.07) is 10.7. The molecule has 0 radical (unpaired) electrons. The number of halogens is 1. The standard InChI is InChI=1S/C21H29FN2O2/c1-4-5-11-26-17-8-6-7-16(12-17)19-10-9-18(22)20(24-19)13-23-21(14-25)15(2)3/h6-10,12,15,21,23,25H,4-5,11,13-14H2,1-3H3/t21-/m0/s1. The van der Waals surface area contributed by atoms with Gasteiger partial charge < -0.3 is 15.2 Å². The minimum atomic E-state index is -0.350. The van der Waals surface area contributed by atoms with E-state index in [1.54, 1.807) is 6.07 Å². The number of ether oxygens (including phenoxy) is 1. The number of nitrogens with zero attached hydrogens (tertiary/aromatic N) is 1. The summed E-state index contributed by atoms with van der Waals surface area (Å²) in [4.78, 5) is 4.47. The average molecular weight is 360 g/mol. The summed E-state index contributed by atoms with van der Waals surface area (Å²) < 4.78 is 19.9. The van der Waals surface area contributed by atoms with Crippen molar-refractivity contribution in [1.82, 2.24) is 10.3 Å². The van der Waals surface area contributed by atoms with Gasteiger partial charge >= 0.3 is 0 Å². The number of hydrogen-bond acceptors (Lipinski definition) is 4. The fourth-order valence-electron chi connectivity index (χ4n) is 2.59. The number of aliphatic hydroxyl groups is 1. The molecule has 5 heteroatoms. The van der Waals surface area contributed by atoms with Crippen molar-refractivity contribution in [1.29, 1.82) is 0 Å². The van der Waals surface area contributed by atoms with Gasteiger partial charge in [-0.15, -0.1) is 0 Å². The fraction of sp³-hybridized carbons (Fsp3) is 0.476. The number of aliphatic hydroxyl groups excluding tert-OH is 1. The Labute approximate surface area is 155 Å². The van der Waals surface area contributed by atoms with Gasteiger partial charge in [-0.2, -0.15) is 0 Å². The predicted molar refractivity (Wildman–Crippen MR) is 103 cm³/mol. The predicted octanol–water partition coefficient (Wildman–Crippen LogP) is 4.17. The van der Waals surface area contributed by atoms with E-state index in [0.717, 1.165) is 24.2 Å². The summed E-state index contributed by atoms with van der Waals surface area (Å²) in [5.74, 6) is 0.696. The summed E-state index contributed by atoms with van der Waals surface area (Å²) in [5.41, 5.74) is 1.94. The molecular formula is C21H29FN2O2. The van der Waals surface area contributed by atoms with Crippen LogP contribution in [0, 0.1) is 11.7 Å². The van der Waals surface area contributed by atoms with Gasteiger partial charge in [-0.1, -0.05) is 39.3 Å². The van der Waals surface area contributed by atoms with Crippen molar-refractivity contribution in [2.75, 3.05) is 13.2 Å². The largest absolute Gasteiger partial charge is 0.494 e. The Hall–Kier alpha value is -1.98. The van der Waals surface area contributed by atoms with Gasteiger partial charge in [0.2, 0.25) is 0 Å². The maximum atomic E-state index is 14.1. The van der Waals surface area contributed by atoms with Gasteiger partial charge in [0.15, 0.2) is 0 Å². The Morgan fingerprint density at radius 3 is 2.73 bits per heavy atom.